The summed E-state index contributed by atoms with van der Waals surface area (Å²) in [7, 11) is 0. The molecule has 0 bridgehead atoms. The van der Waals surface area contributed by atoms with Gasteiger partial charge in [-0.3, -0.25) is 0 Å². The molecule has 0 amide bonds. The third kappa shape index (κ3) is 2.31. The molecule has 0 fully saturated rings. The molecule has 0 atom stereocenters. The van der Waals surface area contributed by atoms with Crippen molar-refractivity contribution >= 4 is 11.4 Å². The van der Waals surface area contributed by atoms with Crippen LogP contribution in [0.25, 0.3) is 0 Å². The van der Waals surface area contributed by atoms with E-state index in [1.54, 1.807) is 0 Å². The fourth-order valence-corrected chi connectivity index (χ4v) is 2.13. The predicted molar refractivity (Wildman–Crippen MR) is 74.2 cm³/mol. The number of alkyl halides is 3. The lowest BCUT2D eigenvalue weighted by Gasteiger charge is -2.33. The van der Waals surface area contributed by atoms with Crippen LogP contribution >= 0.6 is 0 Å². The van der Waals surface area contributed by atoms with Crippen LogP contribution in [-0.2, 0) is 5.41 Å². The normalized spacial score (nSPS) is 12.4. The first-order chi connectivity index (χ1) is 9.25. The van der Waals surface area contributed by atoms with Crippen molar-refractivity contribution in [2.24, 2.45) is 0 Å². The monoisotopic (exact) mass is 280 g/mol. The number of rotatable bonds is 2. The van der Waals surface area contributed by atoms with Gasteiger partial charge in [0.2, 0.25) is 0 Å². The molecule has 0 aliphatic carbocycles. The molecule has 106 valence electrons. The van der Waals surface area contributed by atoms with Crippen LogP contribution in [0.2, 0.25) is 0 Å². The Morgan fingerprint density at radius 2 is 1.00 bits per heavy atom. The molecule has 0 unspecified atom stereocenters. The molecule has 0 aliphatic rings. The molecule has 0 spiro atoms. The van der Waals surface area contributed by atoms with Crippen LogP contribution in [0.5, 0.6) is 0 Å². The minimum atomic E-state index is -4.43. The summed E-state index contributed by atoms with van der Waals surface area (Å²) < 4.78 is 40.8. The lowest BCUT2D eigenvalue weighted by molar-refractivity contribution is -0.173. The van der Waals surface area contributed by atoms with Gasteiger partial charge in [0.05, 0.1) is 0 Å². The lowest BCUT2D eigenvalue weighted by Crippen LogP contribution is -2.40. The van der Waals surface area contributed by atoms with Crippen molar-refractivity contribution in [3.8, 4) is 0 Å². The minimum Gasteiger partial charge on any atom is -0.399 e. The highest BCUT2D eigenvalue weighted by molar-refractivity contribution is 5.49. The van der Waals surface area contributed by atoms with E-state index in [4.69, 9.17) is 11.5 Å². The second-order valence-electron chi connectivity index (χ2n) is 4.87. The van der Waals surface area contributed by atoms with E-state index < -0.39 is 11.6 Å². The van der Waals surface area contributed by atoms with Gasteiger partial charge >= 0.3 is 6.18 Å². The van der Waals surface area contributed by atoms with Crippen LogP contribution in [0.3, 0.4) is 0 Å². The number of nitrogens with two attached hydrogens (primary N) is 2. The summed E-state index contributed by atoms with van der Waals surface area (Å²) in [6.45, 7) is 1.16. The quantitative estimate of drug-likeness (QED) is 0.824. The van der Waals surface area contributed by atoms with Crippen molar-refractivity contribution in [1.82, 2.24) is 0 Å². The minimum absolute atomic E-state index is 0.143. The van der Waals surface area contributed by atoms with E-state index in [-0.39, 0.29) is 11.1 Å². The van der Waals surface area contributed by atoms with Gasteiger partial charge in [0.25, 0.3) is 0 Å². The molecule has 2 aromatic carbocycles. The number of benzene rings is 2. The van der Waals surface area contributed by atoms with Crippen molar-refractivity contribution in [2.45, 2.75) is 18.5 Å². The predicted octanol–water partition coefficient (Wildman–Crippen LogP) is 3.72. The maximum absolute atomic E-state index is 13.6. The zero-order valence-electron chi connectivity index (χ0n) is 10.9. The lowest BCUT2D eigenvalue weighted by atomic mass is 9.75. The highest BCUT2D eigenvalue weighted by atomic mass is 19.4. The van der Waals surface area contributed by atoms with Crippen molar-refractivity contribution in [2.75, 3.05) is 11.5 Å². The van der Waals surface area contributed by atoms with Crippen molar-refractivity contribution in [3.05, 3.63) is 59.7 Å². The summed E-state index contributed by atoms with van der Waals surface area (Å²) >= 11 is 0. The summed E-state index contributed by atoms with van der Waals surface area (Å²) in [6, 6.07) is 11.5. The van der Waals surface area contributed by atoms with Crippen molar-refractivity contribution in [3.63, 3.8) is 0 Å². The number of hydrogen-bond acceptors (Lipinski definition) is 2. The van der Waals surface area contributed by atoms with Crippen LogP contribution < -0.4 is 11.5 Å². The maximum atomic E-state index is 13.6. The molecule has 0 saturated heterocycles. The third-order valence-corrected chi connectivity index (χ3v) is 3.54. The molecule has 2 nitrogen and oxygen atoms in total. The molecule has 0 aromatic heterocycles. The number of hydrogen-bond donors (Lipinski definition) is 2. The van der Waals surface area contributed by atoms with Crippen molar-refractivity contribution in [1.29, 1.82) is 0 Å². The summed E-state index contributed by atoms with van der Waals surface area (Å²) in [4.78, 5) is 0. The first-order valence-corrected chi connectivity index (χ1v) is 6.04. The number of halogens is 3. The Morgan fingerprint density at radius 1 is 0.700 bits per heavy atom. The molecular formula is C15H15F3N2. The van der Waals surface area contributed by atoms with Gasteiger partial charge in [-0.1, -0.05) is 24.3 Å². The van der Waals surface area contributed by atoms with Gasteiger partial charge in [0, 0.05) is 11.4 Å². The van der Waals surface area contributed by atoms with E-state index >= 15 is 0 Å². The maximum Gasteiger partial charge on any atom is 0.402 e. The summed E-state index contributed by atoms with van der Waals surface area (Å²) in [6.07, 6.45) is -4.43. The third-order valence-electron chi connectivity index (χ3n) is 3.54. The molecule has 0 radical (unpaired) electrons. The summed E-state index contributed by atoms with van der Waals surface area (Å²) in [5.74, 6) is 0. The van der Waals surface area contributed by atoms with Gasteiger partial charge < -0.3 is 11.5 Å². The molecule has 20 heavy (non-hydrogen) atoms. The van der Waals surface area contributed by atoms with Crippen molar-refractivity contribution < 1.29 is 13.2 Å². The Bertz CT molecular complexity index is 541. The Kier molecular flexibility index (Phi) is 3.38. The van der Waals surface area contributed by atoms with E-state index in [1.165, 1.54) is 48.5 Å². The molecule has 0 heterocycles. The Balaban J connectivity index is 2.62. The summed E-state index contributed by atoms with van der Waals surface area (Å²) in [5.41, 5.74) is 10.1. The molecule has 4 N–H and O–H groups in total. The van der Waals surface area contributed by atoms with Crippen LogP contribution in [0.4, 0.5) is 24.5 Å². The zero-order chi connectivity index (χ0) is 15.0. The second kappa shape index (κ2) is 4.74. The number of nitrogen functional groups attached to an aromatic ring is 2. The molecule has 0 aliphatic heterocycles. The van der Waals surface area contributed by atoms with Gasteiger partial charge in [-0.05, 0) is 42.3 Å². The van der Waals surface area contributed by atoms with Crippen LogP contribution in [0.15, 0.2) is 48.5 Å². The molecule has 5 heteroatoms. The first-order valence-electron chi connectivity index (χ1n) is 6.04. The second-order valence-corrected chi connectivity index (χ2v) is 4.87. The highest BCUT2D eigenvalue weighted by Gasteiger charge is 2.53. The SMILES string of the molecule is CC(c1ccc(N)cc1)(c1ccc(N)cc1)C(F)(F)F. The molecule has 2 aromatic rings. The largest absolute Gasteiger partial charge is 0.402 e. The van der Waals surface area contributed by atoms with Gasteiger partial charge in [0.1, 0.15) is 5.41 Å². The van der Waals surface area contributed by atoms with Gasteiger partial charge in [-0.2, -0.15) is 13.2 Å². The first kappa shape index (κ1) is 14.2. The average Bonchev–Trinajstić information content (AvgIpc) is 2.38. The van der Waals surface area contributed by atoms with Crippen LogP contribution in [0, 0.1) is 0 Å². The zero-order valence-corrected chi connectivity index (χ0v) is 10.9. The molecule has 2 rings (SSSR count). The van der Waals surface area contributed by atoms with Crippen LogP contribution in [0.1, 0.15) is 18.1 Å². The summed E-state index contributed by atoms with van der Waals surface area (Å²) in [5, 5.41) is 0. The highest BCUT2D eigenvalue weighted by Crippen LogP contribution is 2.46. The molecular weight excluding hydrogens is 265 g/mol. The van der Waals surface area contributed by atoms with Gasteiger partial charge in [0.15, 0.2) is 0 Å². The van der Waals surface area contributed by atoms with E-state index in [0.29, 0.717) is 11.4 Å². The van der Waals surface area contributed by atoms with E-state index in [9.17, 15) is 13.2 Å². The fraction of sp³-hybridized carbons (Fsp3) is 0.200. The Morgan fingerprint density at radius 3 is 1.25 bits per heavy atom. The Hall–Kier alpha value is -2.17. The smallest absolute Gasteiger partial charge is 0.399 e. The average molecular weight is 280 g/mol. The fourth-order valence-electron chi connectivity index (χ4n) is 2.13. The van der Waals surface area contributed by atoms with E-state index in [1.807, 2.05) is 0 Å². The van der Waals surface area contributed by atoms with Crippen LogP contribution in [-0.4, -0.2) is 6.18 Å². The topological polar surface area (TPSA) is 52.0 Å². The van der Waals surface area contributed by atoms with Gasteiger partial charge in [-0.25, -0.2) is 0 Å². The van der Waals surface area contributed by atoms with E-state index in [0.717, 1.165) is 6.92 Å². The molecule has 0 saturated carbocycles. The Labute approximate surface area is 115 Å². The van der Waals surface area contributed by atoms with E-state index in [2.05, 4.69) is 0 Å². The van der Waals surface area contributed by atoms with Gasteiger partial charge in [-0.15, -0.1) is 0 Å². The standard InChI is InChI=1S/C15H15F3N2/c1-14(15(16,17)18,10-2-6-12(19)7-3-10)11-4-8-13(20)9-5-11/h2-9H,19-20H2,1H3. The number of anilines is 2.